The molecule has 3 rings (SSSR count). The lowest BCUT2D eigenvalue weighted by molar-refractivity contribution is -0.150. The predicted octanol–water partition coefficient (Wildman–Crippen LogP) is 2.07. The summed E-state index contributed by atoms with van der Waals surface area (Å²) in [5.41, 5.74) is -0.451. The molecule has 1 aromatic rings. The van der Waals surface area contributed by atoms with Crippen molar-refractivity contribution in [2.24, 2.45) is 5.92 Å². The number of hydrogen-bond donors (Lipinski definition) is 2. The zero-order chi connectivity index (χ0) is 21.7. The smallest absolute Gasteiger partial charge is 0.326 e. The summed E-state index contributed by atoms with van der Waals surface area (Å²) in [6, 6.07) is 6.30. The van der Waals surface area contributed by atoms with Gasteiger partial charge in [-0.15, -0.1) is 0 Å². The van der Waals surface area contributed by atoms with Crippen LogP contribution >= 0.6 is 0 Å². The molecule has 0 atom stereocenters. The number of carbonyl (C=O) groups excluding carboxylic acids is 4. The molecule has 9 heteroatoms. The number of amides is 4. The van der Waals surface area contributed by atoms with E-state index in [0.717, 1.165) is 17.7 Å². The second-order valence-corrected chi connectivity index (χ2v) is 7.72. The van der Waals surface area contributed by atoms with Gasteiger partial charge in [-0.3, -0.25) is 19.3 Å². The van der Waals surface area contributed by atoms with E-state index in [1.54, 1.807) is 24.3 Å². The van der Waals surface area contributed by atoms with E-state index in [9.17, 15) is 19.2 Å². The van der Waals surface area contributed by atoms with Crippen LogP contribution in [-0.2, 0) is 19.1 Å². The third kappa shape index (κ3) is 4.72. The molecule has 1 aromatic carbocycles. The van der Waals surface area contributed by atoms with Gasteiger partial charge in [-0.2, -0.15) is 0 Å². The number of para-hydroxylation sites is 2. The molecule has 30 heavy (non-hydrogen) atoms. The number of esters is 1. The van der Waals surface area contributed by atoms with Gasteiger partial charge in [0.25, 0.3) is 11.8 Å². The van der Waals surface area contributed by atoms with Gasteiger partial charge >= 0.3 is 12.0 Å². The Morgan fingerprint density at radius 2 is 1.93 bits per heavy atom. The number of nitrogens with zero attached hydrogens (tertiary/aromatic N) is 1. The largest absolute Gasteiger partial charge is 0.492 e. The van der Waals surface area contributed by atoms with Gasteiger partial charge in [0.1, 0.15) is 17.8 Å². The average Bonchev–Trinajstić information content (AvgIpc) is 2.94. The highest BCUT2D eigenvalue weighted by Crippen LogP contribution is 2.36. The molecule has 4 amide bonds. The first-order valence-corrected chi connectivity index (χ1v) is 10.2. The molecule has 0 bridgehead atoms. The molecule has 0 aromatic heterocycles. The first-order chi connectivity index (χ1) is 14.3. The highest BCUT2D eigenvalue weighted by Gasteiger charge is 2.52. The van der Waals surface area contributed by atoms with Crippen molar-refractivity contribution in [2.75, 3.05) is 25.1 Å². The van der Waals surface area contributed by atoms with Crippen LogP contribution in [0.4, 0.5) is 10.5 Å². The molecule has 2 N–H and O–H groups in total. The molecule has 1 aliphatic carbocycles. The van der Waals surface area contributed by atoms with Crippen LogP contribution in [0.2, 0.25) is 0 Å². The maximum absolute atomic E-state index is 12.8. The second-order valence-electron chi connectivity index (χ2n) is 7.72. The van der Waals surface area contributed by atoms with Gasteiger partial charge in [-0.1, -0.05) is 19.1 Å². The highest BCUT2D eigenvalue weighted by molar-refractivity contribution is 6.08. The fourth-order valence-electron chi connectivity index (χ4n) is 3.77. The minimum Gasteiger partial charge on any atom is -0.492 e. The zero-order valence-corrected chi connectivity index (χ0v) is 17.2. The maximum atomic E-state index is 12.8. The maximum Gasteiger partial charge on any atom is 0.326 e. The number of rotatable bonds is 7. The summed E-state index contributed by atoms with van der Waals surface area (Å²) in [5, 5.41) is 5.36. The van der Waals surface area contributed by atoms with Gasteiger partial charge < -0.3 is 20.1 Å². The summed E-state index contributed by atoms with van der Waals surface area (Å²) in [5.74, 6) is -0.762. The molecule has 1 spiro atoms. The van der Waals surface area contributed by atoms with Crippen molar-refractivity contribution in [2.45, 2.75) is 45.1 Å². The topological polar surface area (TPSA) is 114 Å². The Balaban J connectivity index is 1.50. The minimum absolute atomic E-state index is 0.397. The molecule has 1 heterocycles. The molecule has 162 valence electrons. The lowest BCUT2D eigenvalue weighted by Crippen LogP contribution is -2.49. The van der Waals surface area contributed by atoms with Crippen LogP contribution in [0.5, 0.6) is 5.75 Å². The highest BCUT2D eigenvalue weighted by atomic mass is 16.5. The van der Waals surface area contributed by atoms with E-state index >= 15 is 0 Å². The fourth-order valence-corrected chi connectivity index (χ4v) is 3.77. The van der Waals surface area contributed by atoms with Crippen LogP contribution in [-0.4, -0.2) is 54.0 Å². The van der Waals surface area contributed by atoms with Crippen LogP contribution in [0, 0.1) is 5.92 Å². The second kappa shape index (κ2) is 9.15. The molecule has 9 nitrogen and oxygen atoms in total. The number of ether oxygens (including phenoxy) is 2. The molecule has 2 aliphatic rings. The SMILES string of the molecule is CCOc1ccccc1NC(=O)COC(=O)CN1C(=O)NC2(CCC(C)CC2)C1=O. The van der Waals surface area contributed by atoms with Crippen LogP contribution in [0.25, 0.3) is 0 Å². The summed E-state index contributed by atoms with van der Waals surface area (Å²) in [4.78, 5) is 50.1. The third-order valence-electron chi connectivity index (χ3n) is 5.49. The van der Waals surface area contributed by atoms with Crippen molar-refractivity contribution in [3.8, 4) is 5.75 Å². The van der Waals surface area contributed by atoms with E-state index in [-0.39, 0.29) is 0 Å². The number of benzene rings is 1. The predicted molar refractivity (Wildman–Crippen MR) is 108 cm³/mol. The Morgan fingerprint density at radius 1 is 1.23 bits per heavy atom. The number of imide groups is 1. The minimum atomic E-state index is -0.912. The van der Waals surface area contributed by atoms with Crippen molar-refractivity contribution in [1.29, 1.82) is 0 Å². The summed E-state index contributed by atoms with van der Waals surface area (Å²) in [7, 11) is 0. The van der Waals surface area contributed by atoms with Crippen molar-refractivity contribution >= 4 is 29.5 Å². The van der Waals surface area contributed by atoms with Gasteiger partial charge in [0, 0.05) is 0 Å². The first kappa shape index (κ1) is 21.6. The Bertz CT molecular complexity index is 832. The summed E-state index contributed by atoms with van der Waals surface area (Å²) >= 11 is 0. The van der Waals surface area contributed by atoms with Crippen molar-refractivity contribution in [3.63, 3.8) is 0 Å². The molecule has 0 unspecified atom stereocenters. The van der Waals surface area contributed by atoms with E-state index in [1.807, 2.05) is 6.92 Å². The van der Waals surface area contributed by atoms with Crippen LogP contribution in [0.3, 0.4) is 0 Å². The number of nitrogens with one attached hydrogen (secondary N) is 2. The van der Waals surface area contributed by atoms with E-state index < -0.39 is 42.5 Å². The standard InChI is InChI=1S/C21H27N3O6/c1-3-29-16-7-5-4-6-15(16)22-17(25)13-30-18(26)12-24-19(27)21(23-20(24)28)10-8-14(2)9-11-21/h4-7,14H,3,8-13H2,1-2H3,(H,22,25)(H,23,28). The Hall–Kier alpha value is -3.10. The summed E-state index contributed by atoms with van der Waals surface area (Å²) < 4.78 is 10.4. The number of urea groups is 1. The molecule has 1 aliphatic heterocycles. The molecular formula is C21H27N3O6. The van der Waals surface area contributed by atoms with E-state index in [4.69, 9.17) is 9.47 Å². The Kier molecular flexibility index (Phi) is 6.59. The number of anilines is 1. The van der Waals surface area contributed by atoms with Crippen LogP contribution < -0.4 is 15.4 Å². The van der Waals surface area contributed by atoms with Gasteiger partial charge in [0.15, 0.2) is 6.61 Å². The lowest BCUT2D eigenvalue weighted by Gasteiger charge is -2.33. The Labute approximate surface area is 175 Å². The quantitative estimate of drug-likeness (QED) is 0.519. The third-order valence-corrected chi connectivity index (χ3v) is 5.49. The first-order valence-electron chi connectivity index (χ1n) is 10.2. The molecule has 1 saturated carbocycles. The van der Waals surface area contributed by atoms with E-state index in [0.29, 0.717) is 36.8 Å². The fraction of sp³-hybridized carbons (Fsp3) is 0.524. The zero-order valence-electron chi connectivity index (χ0n) is 17.2. The van der Waals surface area contributed by atoms with E-state index in [1.165, 1.54) is 0 Å². The molecular weight excluding hydrogens is 390 g/mol. The number of hydrogen-bond acceptors (Lipinski definition) is 6. The summed E-state index contributed by atoms with van der Waals surface area (Å²) in [6.45, 7) is 3.32. The lowest BCUT2D eigenvalue weighted by atomic mass is 9.77. The average molecular weight is 417 g/mol. The van der Waals surface area contributed by atoms with Crippen molar-refractivity contribution < 1.29 is 28.7 Å². The van der Waals surface area contributed by atoms with E-state index in [2.05, 4.69) is 17.6 Å². The molecule has 2 fully saturated rings. The van der Waals surface area contributed by atoms with Gasteiger partial charge in [0.05, 0.1) is 12.3 Å². The molecule has 0 radical (unpaired) electrons. The van der Waals surface area contributed by atoms with Crippen LogP contribution in [0.15, 0.2) is 24.3 Å². The molecule has 1 saturated heterocycles. The number of carbonyl (C=O) groups is 4. The van der Waals surface area contributed by atoms with Gasteiger partial charge in [-0.25, -0.2) is 4.79 Å². The van der Waals surface area contributed by atoms with Crippen LogP contribution in [0.1, 0.15) is 39.5 Å². The van der Waals surface area contributed by atoms with Gasteiger partial charge in [-0.05, 0) is 50.7 Å². The Morgan fingerprint density at radius 3 is 2.63 bits per heavy atom. The van der Waals surface area contributed by atoms with Gasteiger partial charge in [0.2, 0.25) is 0 Å². The monoisotopic (exact) mass is 417 g/mol. The normalized spacial score (nSPS) is 23.3. The summed E-state index contributed by atoms with van der Waals surface area (Å²) in [6.07, 6.45) is 2.80. The van der Waals surface area contributed by atoms with Crippen molar-refractivity contribution in [3.05, 3.63) is 24.3 Å². The van der Waals surface area contributed by atoms with Crippen molar-refractivity contribution in [1.82, 2.24) is 10.2 Å².